The van der Waals surface area contributed by atoms with E-state index in [2.05, 4.69) is 15.0 Å². The van der Waals surface area contributed by atoms with E-state index < -0.39 is 36.6 Å². The highest BCUT2D eigenvalue weighted by Crippen LogP contribution is 2.32. The summed E-state index contributed by atoms with van der Waals surface area (Å²) in [4.78, 5) is 23.0. The molecule has 6 atom stereocenters. The maximum Gasteiger partial charge on any atom is 0.320 e. The standard InChI is InChI=1S/C15H22N6O5S/c1-27(3-2-7(16)15(24)25)4-8-10(22)11(23)14(26-8)21-6-20-9-12(17)18-5-19-13(9)21/h5-8,10-11,14,22-23H,2-4,16H2,1H3,(H2-,17,18,19,24,25)/p+1/t7?,8-,10-,11-,14-,27+/m1/s1. The van der Waals surface area contributed by atoms with Gasteiger partial charge in [0.25, 0.3) is 0 Å². The van der Waals surface area contributed by atoms with Gasteiger partial charge in [0.1, 0.15) is 47.7 Å². The van der Waals surface area contributed by atoms with Crippen molar-refractivity contribution in [2.45, 2.75) is 37.0 Å². The van der Waals surface area contributed by atoms with E-state index in [0.29, 0.717) is 29.1 Å². The van der Waals surface area contributed by atoms with Crippen LogP contribution in [-0.4, -0.2) is 82.9 Å². The molecule has 0 aliphatic carbocycles. The van der Waals surface area contributed by atoms with Crippen LogP contribution in [-0.2, 0) is 20.4 Å². The van der Waals surface area contributed by atoms with Crippen LogP contribution in [0.3, 0.4) is 0 Å². The van der Waals surface area contributed by atoms with Gasteiger partial charge in [-0.05, 0) is 10.9 Å². The molecule has 1 aliphatic heterocycles. The summed E-state index contributed by atoms with van der Waals surface area (Å²) in [7, 11) is -0.235. The third-order valence-corrected chi connectivity index (χ3v) is 6.37. The molecule has 1 aliphatic rings. The molecule has 1 unspecified atom stereocenters. The third-order valence-electron chi connectivity index (χ3n) is 4.54. The molecule has 148 valence electrons. The van der Waals surface area contributed by atoms with Crippen molar-refractivity contribution in [3.05, 3.63) is 12.7 Å². The fourth-order valence-electron chi connectivity index (χ4n) is 2.97. The van der Waals surface area contributed by atoms with Gasteiger partial charge in [0.15, 0.2) is 17.7 Å². The zero-order chi connectivity index (χ0) is 19.7. The molecule has 0 spiro atoms. The van der Waals surface area contributed by atoms with Gasteiger partial charge in [0, 0.05) is 6.42 Å². The molecule has 0 amide bonds. The van der Waals surface area contributed by atoms with Crippen molar-refractivity contribution in [2.24, 2.45) is 5.73 Å². The lowest BCUT2D eigenvalue weighted by Crippen LogP contribution is -2.37. The van der Waals surface area contributed by atoms with E-state index in [0.717, 1.165) is 0 Å². The summed E-state index contributed by atoms with van der Waals surface area (Å²) in [6.07, 6.45) is 1.31. The fraction of sp³-hybridized carbons (Fsp3) is 0.600. The molecule has 1 fully saturated rings. The highest BCUT2D eigenvalue weighted by atomic mass is 32.2. The maximum absolute atomic E-state index is 10.8. The second-order valence-electron chi connectivity index (χ2n) is 6.51. The first kappa shape index (κ1) is 19.8. The van der Waals surface area contributed by atoms with Crippen LogP contribution in [0, 0.1) is 0 Å². The van der Waals surface area contributed by atoms with E-state index in [1.807, 2.05) is 6.26 Å². The molecule has 3 rings (SSSR count). The van der Waals surface area contributed by atoms with Gasteiger partial charge in [0.2, 0.25) is 0 Å². The number of nitrogen functional groups attached to an aromatic ring is 1. The van der Waals surface area contributed by atoms with E-state index >= 15 is 0 Å². The summed E-state index contributed by atoms with van der Waals surface area (Å²) >= 11 is 0. The van der Waals surface area contributed by atoms with Crippen LogP contribution < -0.4 is 11.5 Å². The van der Waals surface area contributed by atoms with Crippen molar-refractivity contribution < 1.29 is 24.9 Å². The van der Waals surface area contributed by atoms with Gasteiger partial charge in [-0.25, -0.2) is 15.0 Å². The van der Waals surface area contributed by atoms with E-state index in [9.17, 15) is 15.0 Å². The van der Waals surface area contributed by atoms with Gasteiger partial charge in [0.05, 0.1) is 12.6 Å². The summed E-state index contributed by atoms with van der Waals surface area (Å²) in [5, 5.41) is 29.7. The molecule has 0 saturated carbocycles. The molecule has 12 heteroatoms. The lowest BCUT2D eigenvalue weighted by atomic mass is 10.1. The number of hydrogen-bond donors (Lipinski definition) is 5. The summed E-state index contributed by atoms with van der Waals surface area (Å²) in [6, 6.07) is -0.907. The zero-order valence-corrected chi connectivity index (χ0v) is 15.5. The maximum atomic E-state index is 10.8. The van der Waals surface area contributed by atoms with Crippen LogP contribution in [0.2, 0.25) is 0 Å². The molecule has 0 aromatic carbocycles. The molecule has 27 heavy (non-hydrogen) atoms. The first-order valence-corrected chi connectivity index (χ1v) is 10.3. The quantitative estimate of drug-likeness (QED) is 0.329. The molecule has 11 nitrogen and oxygen atoms in total. The number of ether oxygens (including phenoxy) is 1. The summed E-state index contributed by atoms with van der Waals surface area (Å²) in [5.41, 5.74) is 12.1. The van der Waals surface area contributed by atoms with Crippen molar-refractivity contribution in [1.82, 2.24) is 19.5 Å². The first-order valence-electron chi connectivity index (χ1n) is 8.31. The van der Waals surface area contributed by atoms with Crippen LogP contribution in [0.5, 0.6) is 0 Å². The predicted octanol–water partition coefficient (Wildman–Crippen LogP) is -1.92. The number of nitrogens with zero attached hydrogens (tertiary/aromatic N) is 4. The number of carbonyl (C=O) groups is 1. The Bertz CT molecular complexity index is 819. The Morgan fingerprint density at radius 1 is 1.37 bits per heavy atom. The van der Waals surface area contributed by atoms with Crippen molar-refractivity contribution in [3.8, 4) is 0 Å². The molecular weight excluding hydrogens is 376 g/mol. The molecule has 7 N–H and O–H groups in total. The molecule has 0 radical (unpaired) electrons. The predicted molar refractivity (Wildman–Crippen MR) is 98.9 cm³/mol. The number of carboxylic acids is 1. The minimum atomic E-state index is -1.16. The van der Waals surface area contributed by atoms with Crippen molar-refractivity contribution in [2.75, 3.05) is 23.5 Å². The Balaban J connectivity index is 1.68. The number of aliphatic carboxylic acids is 1. The van der Waals surface area contributed by atoms with Crippen molar-refractivity contribution in [1.29, 1.82) is 0 Å². The fourth-order valence-corrected chi connectivity index (χ4v) is 4.63. The number of aromatic nitrogens is 4. The molecular formula is C15H23N6O5S+. The SMILES string of the molecule is C[S@@+](CCC(N)C(=O)O)C[C@H]1O[C@@H](n2cnc3c(N)ncnc32)[C@H](O)[C@@H]1O. The Labute approximate surface area is 157 Å². The molecule has 1 saturated heterocycles. The van der Waals surface area contributed by atoms with Crippen LogP contribution in [0.1, 0.15) is 12.6 Å². The molecule has 3 heterocycles. The van der Waals surface area contributed by atoms with Crippen molar-refractivity contribution >= 4 is 33.8 Å². The summed E-state index contributed by atoms with van der Waals surface area (Å²) in [5.74, 6) is 0.254. The largest absolute Gasteiger partial charge is 0.480 e. The Morgan fingerprint density at radius 2 is 2.11 bits per heavy atom. The summed E-state index contributed by atoms with van der Waals surface area (Å²) in [6.45, 7) is 0. The third kappa shape index (κ3) is 3.99. The van der Waals surface area contributed by atoms with Crippen molar-refractivity contribution in [3.63, 3.8) is 0 Å². The number of hydrogen-bond acceptors (Lipinski definition) is 9. The Morgan fingerprint density at radius 3 is 2.81 bits per heavy atom. The first-order chi connectivity index (χ1) is 12.8. The second-order valence-corrected chi connectivity index (χ2v) is 8.82. The van der Waals surface area contributed by atoms with Gasteiger partial charge >= 0.3 is 5.97 Å². The van der Waals surface area contributed by atoms with E-state index in [4.69, 9.17) is 21.3 Å². The van der Waals surface area contributed by atoms with Crippen LogP contribution in [0.15, 0.2) is 12.7 Å². The minimum absolute atomic E-state index is 0.216. The second kappa shape index (κ2) is 7.94. The van der Waals surface area contributed by atoms with Gasteiger partial charge in [-0.15, -0.1) is 0 Å². The topological polar surface area (TPSA) is 183 Å². The van der Waals surface area contributed by atoms with Crippen LogP contribution >= 0.6 is 0 Å². The highest BCUT2D eigenvalue weighted by Gasteiger charge is 2.46. The van der Waals surface area contributed by atoms with Gasteiger partial charge < -0.3 is 31.5 Å². The number of carboxylic acid groups (broad SMARTS) is 1. The smallest absolute Gasteiger partial charge is 0.320 e. The van der Waals surface area contributed by atoms with Gasteiger partial charge in [-0.2, -0.15) is 0 Å². The number of aliphatic hydroxyl groups excluding tert-OH is 2. The average molecular weight is 399 g/mol. The normalized spacial score (nSPS) is 27.7. The number of nitrogens with two attached hydrogens (primary N) is 2. The van der Waals surface area contributed by atoms with Gasteiger partial charge in [-0.1, -0.05) is 0 Å². The lowest BCUT2D eigenvalue weighted by molar-refractivity contribution is -0.138. The van der Waals surface area contributed by atoms with Crippen LogP contribution in [0.25, 0.3) is 11.2 Å². The minimum Gasteiger partial charge on any atom is -0.480 e. The van der Waals surface area contributed by atoms with Crippen LogP contribution in [0.4, 0.5) is 5.82 Å². The number of aliphatic hydroxyl groups is 2. The van der Waals surface area contributed by atoms with E-state index in [-0.39, 0.29) is 16.7 Å². The molecule has 2 aromatic heterocycles. The Hall–Kier alpha value is -1.99. The van der Waals surface area contributed by atoms with E-state index in [1.165, 1.54) is 17.2 Å². The zero-order valence-electron chi connectivity index (χ0n) is 14.7. The lowest BCUT2D eigenvalue weighted by Gasteiger charge is -2.16. The summed E-state index contributed by atoms with van der Waals surface area (Å²) < 4.78 is 7.41. The monoisotopic (exact) mass is 399 g/mol. The van der Waals surface area contributed by atoms with Gasteiger partial charge in [-0.3, -0.25) is 9.36 Å². The number of fused-ring (bicyclic) bond motifs is 1. The number of rotatable bonds is 7. The average Bonchev–Trinajstić information content (AvgIpc) is 3.17. The highest BCUT2D eigenvalue weighted by molar-refractivity contribution is 7.96. The number of anilines is 1. The number of imidazole rings is 1. The molecule has 2 aromatic rings. The van der Waals surface area contributed by atoms with E-state index in [1.54, 1.807) is 0 Å². The Kier molecular flexibility index (Phi) is 5.81. The molecule has 0 bridgehead atoms.